The molecule has 172 valence electrons. The maximum atomic E-state index is 12.1. The first kappa shape index (κ1) is 23.8. The Kier molecular flexibility index (Phi) is 7.27. The first-order chi connectivity index (χ1) is 14.8. The zero-order valence-corrected chi connectivity index (χ0v) is 18.7. The number of hydrogen-bond donors (Lipinski definition) is 1. The molecule has 2 aromatic heterocycles. The zero-order chi connectivity index (χ0) is 22.0. The summed E-state index contributed by atoms with van der Waals surface area (Å²) in [5.74, 6) is 1.05. The summed E-state index contributed by atoms with van der Waals surface area (Å²) in [6, 6.07) is 7.38. The Hall–Kier alpha value is -2.82. The fraction of sp³-hybridized carbons (Fsp3) is 0.409. The summed E-state index contributed by atoms with van der Waals surface area (Å²) < 4.78 is 33.4. The van der Waals surface area contributed by atoms with Crippen LogP contribution >= 0.6 is 0 Å². The Bertz CT molecular complexity index is 1220. The van der Waals surface area contributed by atoms with E-state index in [1.807, 2.05) is 31.2 Å². The van der Waals surface area contributed by atoms with Gasteiger partial charge in [-0.25, -0.2) is 19.2 Å². The second kappa shape index (κ2) is 9.76. The third-order valence-electron chi connectivity index (χ3n) is 4.81. The van der Waals surface area contributed by atoms with Gasteiger partial charge in [0.15, 0.2) is 6.10 Å². The normalized spacial score (nSPS) is 18.2. The van der Waals surface area contributed by atoms with Gasteiger partial charge in [-0.2, -0.15) is 4.36 Å². The van der Waals surface area contributed by atoms with Gasteiger partial charge in [0.2, 0.25) is 5.88 Å². The highest BCUT2D eigenvalue weighted by Crippen LogP contribution is 2.33. The van der Waals surface area contributed by atoms with Gasteiger partial charge in [0.25, 0.3) is 0 Å². The summed E-state index contributed by atoms with van der Waals surface area (Å²) >= 11 is 0. The third-order valence-corrected chi connectivity index (χ3v) is 5.46. The fourth-order valence-corrected chi connectivity index (χ4v) is 4.08. The van der Waals surface area contributed by atoms with Crippen molar-refractivity contribution in [3.05, 3.63) is 42.4 Å². The number of ether oxygens (including phenoxy) is 3. The number of anilines is 2. The van der Waals surface area contributed by atoms with Crippen LogP contribution in [0.1, 0.15) is 13.0 Å². The first-order valence-electron chi connectivity index (χ1n) is 9.76. The highest BCUT2D eigenvalue weighted by atomic mass is 32.2. The van der Waals surface area contributed by atoms with E-state index >= 15 is 0 Å². The Morgan fingerprint density at radius 3 is 2.72 bits per heavy atom. The molecule has 0 aliphatic carbocycles. The smallest absolute Gasteiger partial charge is 0.238 e. The van der Waals surface area contributed by atoms with Crippen LogP contribution in [0.3, 0.4) is 0 Å². The third kappa shape index (κ3) is 5.32. The van der Waals surface area contributed by atoms with Crippen molar-refractivity contribution in [2.45, 2.75) is 26.6 Å². The summed E-state index contributed by atoms with van der Waals surface area (Å²) in [5, 5.41) is 4.17. The number of benzene rings is 1. The average Bonchev–Trinajstić information content (AvgIpc) is 3.15. The minimum Gasteiger partial charge on any atom is -0.468 e. The molecule has 1 aliphatic heterocycles. The number of methoxy groups -OCH3 is 1. The van der Waals surface area contributed by atoms with Gasteiger partial charge >= 0.3 is 0 Å². The van der Waals surface area contributed by atoms with Crippen molar-refractivity contribution in [1.29, 1.82) is 0 Å². The molecule has 32 heavy (non-hydrogen) atoms. The Morgan fingerprint density at radius 1 is 1.19 bits per heavy atom. The largest absolute Gasteiger partial charge is 0.468 e. The molecule has 10 heteroatoms. The molecule has 0 amide bonds. The summed E-state index contributed by atoms with van der Waals surface area (Å²) in [5.41, 5.74) is 2.91. The van der Waals surface area contributed by atoms with Crippen molar-refractivity contribution in [2.24, 2.45) is 4.36 Å². The summed E-state index contributed by atoms with van der Waals surface area (Å²) in [7, 11) is -0.637. The molecule has 1 N–H and O–H groups in total. The SMILES string of the molecule is C.CO[C@H]1COC[C@H]1Oc1ncccc1Nc1ncnc2cc(N=S(C)(C)=O)cc(C)c12. The van der Waals surface area contributed by atoms with E-state index < -0.39 is 9.73 Å². The molecule has 0 bridgehead atoms. The van der Waals surface area contributed by atoms with Crippen molar-refractivity contribution in [1.82, 2.24) is 15.0 Å². The van der Waals surface area contributed by atoms with Gasteiger partial charge in [0.1, 0.15) is 23.9 Å². The van der Waals surface area contributed by atoms with E-state index in [0.29, 0.717) is 41.8 Å². The second-order valence-electron chi connectivity index (χ2n) is 7.60. The number of rotatable bonds is 6. The van der Waals surface area contributed by atoms with E-state index in [4.69, 9.17) is 14.2 Å². The lowest BCUT2D eigenvalue weighted by atomic mass is 10.1. The van der Waals surface area contributed by atoms with Gasteiger partial charge in [-0.05, 0) is 36.8 Å². The van der Waals surface area contributed by atoms with Crippen LogP contribution in [0.15, 0.2) is 41.2 Å². The highest BCUT2D eigenvalue weighted by Gasteiger charge is 2.31. The molecule has 4 rings (SSSR count). The average molecular weight is 460 g/mol. The molecule has 1 aromatic carbocycles. The van der Waals surface area contributed by atoms with Crippen LogP contribution in [0.25, 0.3) is 10.9 Å². The van der Waals surface area contributed by atoms with Gasteiger partial charge in [-0.15, -0.1) is 0 Å². The van der Waals surface area contributed by atoms with Gasteiger partial charge in [0.05, 0.1) is 24.4 Å². The Balaban J connectivity index is 0.00000289. The Morgan fingerprint density at radius 2 is 1.97 bits per heavy atom. The van der Waals surface area contributed by atoms with Crippen LogP contribution in [-0.4, -0.2) is 64.2 Å². The van der Waals surface area contributed by atoms with Crippen LogP contribution in [-0.2, 0) is 19.2 Å². The van der Waals surface area contributed by atoms with Crippen molar-refractivity contribution in [2.75, 3.05) is 38.2 Å². The first-order valence-corrected chi connectivity index (χ1v) is 12.1. The van der Waals surface area contributed by atoms with Crippen LogP contribution in [0, 0.1) is 6.92 Å². The maximum Gasteiger partial charge on any atom is 0.238 e. The molecule has 0 saturated carbocycles. The quantitative estimate of drug-likeness (QED) is 0.592. The molecule has 3 aromatic rings. The molecule has 9 nitrogen and oxygen atoms in total. The molecule has 1 fully saturated rings. The Labute approximate surface area is 188 Å². The second-order valence-corrected chi connectivity index (χ2v) is 10.1. The molecule has 1 saturated heterocycles. The van der Waals surface area contributed by atoms with E-state index in [-0.39, 0.29) is 19.6 Å². The number of aryl methyl sites for hydroxylation is 1. The van der Waals surface area contributed by atoms with Gasteiger partial charge in [-0.1, -0.05) is 7.43 Å². The van der Waals surface area contributed by atoms with Crippen LogP contribution in [0.2, 0.25) is 0 Å². The van der Waals surface area contributed by atoms with E-state index in [0.717, 1.165) is 10.9 Å². The van der Waals surface area contributed by atoms with Crippen molar-refractivity contribution in [3.63, 3.8) is 0 Å². The lowest BCUT2D eigenvalue weighted by molar-refractivity contribution is 0.0311. The topological polar surface area (TPSA) is 108 Å². The van der Waals surface area contributed by atoms with Crippen LogP contribution in [0.5, 0.6) is 5.88 Å². The van der Waals surface area contributed by atoms with E-state index in [1.165, 1.54) is 6.33 Å². The molecule has 1 aliphatic rings. The van der Waals surface area contributed by atoms with E-state index in [9.17, 15) is 4.21 Å². The van der Waals surface area contributed by atoms with E-state index in [2.05, 4.69) is 24.6 Å². The molecule has 2 atom stereocenters. The maximum absolute atomic E-state index is 12.1. The number of aromatic nitrogens is 3. The van der Waals surface area contributed by atoms with Gasteiger partial charge in [0, 0.05) is 40.9 Å². The monoisotopic (exact) mass is 459 g/mol. The van der Waals surface area contributed by atoms with Crippen molar-refractivity contribution in [3.8, 4) is 5.88 Å². The number of hydrogen-bond acceptors (Lipinski definition) is 9. The standard InChI is InChI=1S/C21H25N5O4S.CH4/c1-13-8-14(26-31(3,4)27)9-16-19(13)20(24-12-23-16)25-15-6-5-7-22-21(15)30-18-11-29-10-17(18)28-2;/h5-9,12,17-18H,10-11H2,1-4H3,(H,23,24,25);1H4/t17-,18+;/m0./s1. The fourth-order valence-electron chi connectivity index (χ4n) is 3.47. The zero-order valence-electron chi connectivity index (χ0n) is 17.9. The van der Waals surface area contributed by atoms with Gasteiger partial charge < -0.3 is 19.5 Å². The molecular weight excluding hydrogens is 430 g/mol. The molecular formula is C22H29N5O4S. The lowest BCUT2D eigenvalue weighted by Crippen LogP contribution is -2.32. The highest BCUT2D eigenvalue weighted by molar-refractivity contribution is 7.92. The van der Waals surface area contributed by atoms with Crippen LogP contribution in [0.4, 0.5) is 17.2 Å². The van der Waals surface area contributed by atoms with E-state index in [1.54, 1.807) is 25.8 Å². The predicted molar refractivity (Wildman–Crippen MR) is 127 cm³/mol. The van der Waals surface area contributed by atoms with Crippen LogP contribution < -0.4 is 10.1 Å². The number of pyridine rings is 1. The predicted octanol–water partition coefficient (Wildman–Crippen LogP) is 3.86. The number of nitrogens with zero attached hydrogens (tertiary/aromatic N) is 4. The summed E-state index contributed by atoms with van der Waals surface area (Å²) in [6.07, 6.45) is 5.96. The molecule has 0 unspecified atom stereocenters. The number of fused-ring (bicyclic) bond motifs is 1. The minimum atomic E-state index is -2.27. The van der Waals surface area contributed by atoms with Crippen molar-refractivity contribution < 1.29 is 18.4 Å². The molecule has 0 spiro atoms. The van der Waals surface area contributed by atoms with Gasteiger partial charge in [-0.3, -0.25) is 0 Å². The molecule has 0 radical (unpaired) electrons. The minimum absolute atomic E-state index is 0. The molecule has 3 heterocycles. The lowest BCUT2D eigenvalue weighted by Gasteiger charge is -2.19. The number of nitrogens with one attached hydrogen (secondary N) is 1. The summed E-state index contributed by atoms with van der Waals surface area (Å²) in [6.45, 7) is 2.87. The van der Waals surface area contributed by atoms with Crippen molar-refractivity contribution >= 4 is 37.8 Å². The summed E-state index contributed by atoms with van der Waals surface area (Å²) in [4.78, 5) is 13.2.